The van der Waals surface area contributed by atoms with Crippen molar-refractivity contribution in [3.05, 3.63) is 59.7 Å². The van der Waals surface area contributed by atoms with E-state index in [4.69, 9.17) is 0 Å². The van der Waals surface area contributed by atoms with Gasteiger partial charge in [0.15, 0.2) is 0 Å². The minimum Gasteiger partial charge on any atom is -0.207 e. The van der Waals surface area contributed by atoms with Crippen LogP contribution in [0.2, 0.25) is 0 Å². The van der Waals surface area contributed by atoms with Gasteiger partial charge in [-0.3, -0.25) is 0 Å². The van der Waals surface area contributed by atoms with Crippen LogP contribution in [0.25, 0.3) is 0 Å². The SMILES string of the molecule is CC(NS(=O)(=O)c1ccc(S(=O)(=O)N2CCCC2)cc1)c1cccc(C(F)(F)F)c1. The Bertz CT molecular complexity index is 1110. The molecule has 0 amide bonds. The molecule has 2 aromatic carbocycles. The van der Waals surface area contributed by atoms with Crippen LogP contribution in [0.15, 0.2) is 58.3 Å². The van der Waals surface area contributed by atoms with Crippen LogP contribution in [-0.2, 0) is 26.2 Å². The van der Waals surface area contributed by atoms with Gasteiger partial charge in [0.1, 0.15) is 0 Å². The summed E-state index contributed by atoms with van der Waals surface area (Å²) in [5.41, 5.74) is -0.718. The van der Waals surface area contributed by atoms with Crippen molar-refractivity contribution < 1.29 is 30.0 Å². The molecule has 0 saturated carbocycles. The largest absolute Gasteiger partial charge is 0.416 e. The molecule has 164 valence electrons. The van der Waals surface area contributed by atoms with Crippen molar-refractivity contribution in [1.82, 2.24) is 9.03 Å². The van der Waals surface area contributed by atoms with Gasteiger partial charge in [-0.1, -0.05) is 12.1 Å². The zero-order valence-electron chi connectivity index (χ0n) is 16.1. The molecule has 1 atom stereocenters. The topological polar surface area (TPSA) is 83.5 Å². The second-order valence-corrected chi connectivity index (χ2v) is 10.7. The van der Waals surface area contributed by atoms with Gasteiger partial charge in [-0.05, 0) is 61.7 Å². The maximum absolute atomic E-state index is 12.9. The molecule has 0 radical (unpaired) electrons. The maximum atomic E-state index is 12.9. The molecule has 1 N–H and O–H groups in total. The Balaban J connectivity index is 1.79. The van der Waals surface area contributed by atoms with Gasteiger partial charge in [0.25, 0.3) is 0 Å². The summed E-state index contributed by atoms with van der Waals surface area (Å²) < 4.78 is 92.7. The molecule has 1 aliphatic rings. The third kappa shape index (κ3) is 4.85. The summed E-state index contributed by atoms with van der Waals surface area (Å²) in [5, 5.41) is 0. The van der Waals surface area contributed by atoms with E-state index in [1.165, 1.54) is 47.6 Å². The van der Waals surface area contributed by atoms with Crippen molar-refractivity contribution in [3.8, 4) is 0 Å². The van der Waals surface area contributed by atoms with E-state index in [9.17, 15) is 30.0 Å². The zero-order chi connectivity index (χ0) is 22.2. The number of benzene rings is 2. The second-order valence-electron chi connectivity index (χ2n) is 7.05. The van der Waals surface area contributed by atoms with Gasteiger partial charge in [0.05, 0.1) is 15.4 Å². The number of halogens is 3. The lowest BCUT2D eigenvalue weighted by Crippen LogP contribution is -2.28. The average molecular weight is 463 g/mol. The summed E-state index contributed by atoms with van der Waals surface area (Å²) in [6.45, 7) is 2.29. The number of hydrogen-bond acceptors (Lipinski definition) is 4. The van der Waals surface area contributed by atoms with Crippen molar-refractivity contribution in [2.75, 3.05) is 13.1 Å². The molecule has 0 aromatic heterocycles. The lowest BCUT2D eigenvalue weighted by Gasteiger charge is -2.17. The number of alkyl halides is 3. The molecule has 3 rings (SSSR count). The first-order valence-corrected chi connectivity index (χ1v) is 12.1. The zero-order valence-corrected chi connectivity index (χ0v) is 17.7. The lowest BCUT2D eigenvalue weighted by molar-refractivity contribution is -0.137. The van der Waals surface area contributed by atoms with Gasteiger partial charge < -0.3 is 0 Å². The van der Waals surface area contributed by atoms with E-state index in [1.807, 2.05) is 0 Å². The molecule has 6 nitrogen and oxygen atoms in total. The third-order valence-electron chi connectivity index (χ3n) is 4.88. The molecule has 1 aliphatic heterocycles. The summed E-state index contributed by atoms with van der Waals surface area (Å²) >= 11 is 0. The fraction of sp³-hybridized carbons (Fsp3) is 0.368. The Kier molecular flexibility index (Phi) is 6.28. The van der Waals surface area contributed by atoms with E-state index in [-0.39, 0.29) is 15.4 Å². The van der Waals surface area contributed by atoms with Crippen molar-refractivity contribution in [2.24, 2.45) is 0 Å². The van der Waals surface area contributed by atoms with Gasteiger partial charge in [-0.25, -0.2) is 21.6 Å². The number of nitrogens with one attached hydrogen (secondary N) is 1. The average Bonchev–Trinajstić information content (AvgIpc) is 3.23. The quantitative estimate of drug-likeness (QED) is 0.712. The summed E-state index contributed by atoms with van der Waals surface area (Å²) in [6.07, 6.45) is -2.97. The van der Waals surface area contributed by atoms with E-state index in [0.29, 0.717) is 13.1 Å². The van der Waals surface area contributed by atoms with E-state index in [1.54, 1.807) is 0 Å². The molecule has 1 heterocycles. The van der Waals surface area contributed by atoms with Gasteiger partial charge in [0.2, 0.25) is 20.0 Å². The van der Waals surface area contributed by atoms with Crippen LogP contribution < -0.4 is 4.72 Å². The molecule has 30 heavy (non-hydrogen) atoms. The Hall–Kier alpha value is -1.95. The van der Waals surface area contributed by atoms with E-state index < -0.39 is 37.8 Å². The molecule has 0 spiro atoms. The van der Waals surface area contributed by atoms with Crippen LogP contribution in [0.3, 0.4) is 0 Å². The molecule has 11 heteroatoms. The highest BCUT2D eigenvalue weighted by atomic mass is 32.2. The maximum Gasteiger partial charge on any atom is 0.416 e. The first-order chi connectivity index (χ1) is 13.9. The fourth-order valence-electron chi connectivity index (χ4n) is 3.22. The third-order valence-corrected chi connectivity index (χ3v) is 8.35. The Morgan fingerprint density at radius 2 is 1.50 bits per heavy atom. The van der Waals surface area contributed by atoms with Crippen LogP contribution in [0.4, 0.5) is 13.2 Å². The van der Waals surface area contributed by atoms with E-state index >= 15 is 0 Å². The van der Waals surface area contributed by atoms with Crippen LogP contribution >= 0.6 is 0 Å². The molecular weight excluding hydrogens is 441 g/mol. The van der Waals surface area contributed by atoms with Gasteiger partial charge in [-0.15, -0.1) is 0 Å². The van der Waals surface area contributed by atoms with Crippen LogP contribution in [0.5, 0.6) is 0 Å². The smallest absolute Gasteiger partial charge is 0.207 e. The first kappa shape index (κ1) is 22.7. The summed E-state index contributed by atoms with van der Waals surface area (Å²) in [5.74, 6) is 0. The fourth-order valence-corrected chi connectivity index (χ4v) is 5.97. The highest BCUT2D eigenvalue weighted by Crippen LogP contribution is 2.31. The summed E-state index contributed by atoms with van der Waals surface area (Å²) in [4.78, 5) is -0.184. The monoisotopic (exact) mass is 462 g/mol. The van der Waals surface area contributed by atoms with Gasteiger partial charge in [-0.2, -0.15) is 17.5 Å². The van der Waals surface area contributed by atoms with Crippen molar-refractivity contribution in [1.29, 1.82) is 0 Å². The van der Waals surface area contributed by atoms with Crippen molar-refractivity contribution in [2.45, 2.75) is 41.8 Å². The highest BCUT2D eigenvalue weighted by molar-refractivity contribution is 7.89. The molecule has 1 saturated heterocycles. The Morgan fingerprint density at radius 3 is 2.07 bits per heavy atom. The van der Waals surface area contributed by atoms with Crippen LogP contribution in [0.1, 0.15) is 36.9 Å². The number of sulfonamides is 2. The summed E-state index contributed by atoms with van der Waals surface area (Å²) in [6, 6.07) is 8.26. The number of rotatable bonds is 6. The van der Waals surface area contributed by atoms with E-state index in [2.05, 4.69) is 4.72 Å². The highest BCUT2D eigenvalue weighted by Gasteiger charge is 2.31. The molecule has 1 unspecified atom stereocenters. The minimum atomic E-state index is -4.54. The normalized spacial score (nSPS) is 17.2. The second kappa shape index (κ2) is 8.29. The Morgan fingerprint density at radius 1 is 0.933 bits per heavy atom. The van der Waals surface area contributed by atoms with Crippen LogP contribution in [0, 0.1) is 0 Å². The van der Waals surface area contributed by atoms with Gasteiger partial charge in [0, 0.05) is 19.1 Å². The molecule has 0 bridgehead atoms. The predicted molar refractivity (Wildman–Crippen MR) is 105 cm³/mol. The van der Waals surface area contributed by atoms with Crippen molar-refractivity contribution in [3.63, 3.8) is 0 Å². The molecule has 1 fully saturated rings. The lowest BCUT2D eigenvalue weighted by atomic mass is 10.1. The van der Waals surface area contributed by atoms with Crippen molar-refractivity contribution >= 4 is 20.0 Å². The molecule has 0 aliphatic carbocycles. The number of hydrogen-bond donors (Lipinski definition) is 1. The summed E-state index contributed by atoms with van der Waals surface area (Å²) in [7, 11) is -7.75. The van der Waals surface area contributed by atoms with Crippen LogP contribution in [-0.4, -0.2) is 34.2 Å². The van der Waals surface area contributed by atoms with E-state index in [0.717, 1.165) is 25.0 Å². The standard InChI is InChI=1S/C19H21F3N2O4S2/c1-14(15-5-4-6-16(13-15)19(20,21)22)23-29(25,26)17-7-9-18(10-8-17)30(27,28)24-11-2-3-12-24/h4-10,13-14,23H,2-3,11-12H2,1H3. The molecule has 2 aromatic rings. The minimum absolute atomic E-state index is 0.00530. The molecular formula is C19H21F3N2O4S2. The number of nitrogens with zero attached hydrogens (tertiary/aromatic N) is 1. The first-order valence-electron chi connectivity index (χ1n) is 9.21. The Labute approximate surface area is 173 Å². The predicted octanol–water partition coefficient (Wildman–Crippen LogP) is 3.53. The van der Waals surface area contributed by atoms with Gasteiger partial charge >= 0.3 is 6.18 Å².